The number of nitrogens with one attached hydrogen (secondary N) is 2. The molecule has 1 fully saturated rings. The van der Waals surface area contributed by atoms with Crippen molar-refractivity contribution in [1.29, 1.82) is 5.41 Å². The summed E-state index contributed by atoms with van der Waals surface area (Å²) in [5, 5.41) is 18.8. The van der Waals surface area contributed by atoms with Gasteiger partial charge in [-0.25, -0.2) is 0 Å². The van der Waals surface area contributed by atoms with E-state index in [1.807, 2.05) is 0 Å². The first-order valence-electron chi connectivity index (χ1n) is 3.64. The molecular formula is C7H14N2O. The fourth-order valence-electron chi connectivity index (χ4n) is 1.29. The highest BCUT2D eigenvalue weighted by molar-refractivity contribution is 5.54. The molecule has 0 heterocycles. The predicted octanol–water partition coefficient (Wildman–Crippen LogP) is 0.200. The zero-order valence-electron chi connectivity index (χ0n) is 6.17. The minimum absolute atomic E-state index is 0.357. The lowest BCUT2D eigenvalue weighted by Crippen LogP contribution is -2.27. The van der Waals surface area contributed by atoms with Crippen LogP contribution in [0.2, 0.25) is 0 Å². The van der Waals surface area contributed by atoms with Crippen LogP contribution in [-0.4, -0.2) is 24.6 Å². The van der Waals surface area contributed by atoms with E-state index in [1.54, 1.807) is 7.05 Å². The van der Waals surface area contributed by atoms with Crippen molar-refractivity contribution in [1.82, 2.24) is 5.32 Å². The van der Waals surface area contributed by atoms with Gasteiger partial charge in [0.15, 0.2) is 0 Å². The van der Waals surface area contributed by atoms with E-state index < -0.39 is 0 Å². The van der Waals surface area contributed by atoms with E-state index in [1.165, 1.54) is 6.21 Å². The van der Waals surface area contributed by atoms with Crippen molar-refractivity contribution in [2.75, 3.05) is 7.05 Å². The van der Waals surface area contributed by atoms with Gasteiger partial charge in [-0.15, -0.1) is 0 Å². The van der Waals surface area contributed by atoms with Crippen LogP contribution >= 0.6 is 0 Å². The molecule has 3 nitrogen and oxygen atoms in total. The molecule has 0 amide bonds. The fourth-order valence-corrected chi connectivity index (χ4v) is 1.29. The molecule has 0 bridgehead atoms. The molecule has 10 heavy (non-hydrogen) atoms. The van der Waals surface area contributed by atoms with E-state index in [4.69, 9.17) is 5.41 Å². The van der Waals surface area contributed by atoms with E-state index >= 15 is 0 Å². The van der Waals surface area contributed by atoms with E-state index in [0.29, 0.717) is 11.8 Å². The minimum Gasteiger partial charge on any atom is -0.378 e. The molecule has 3 heteroatoms. The third-order valence-corrected chi connectivity index (χ3v) is 2.10. The van der Waals surface area contributed by atoms with Gasteiger partial charge in [-0.1, -0.05) is 0 Å². The van der Waals surface area contributed by atoms with Gasteiger partial charge in [0.25, 0.3) is 0 Å². The summed E-state index contributed by atoms with van der Waals surface area (Å²) in [6.07, 6.45) is 2.96. The molecule has 0 aliphatic heterocycles. The van der Waals surface area contributed by atoms with Crippen LogP contribution in [0.4, 0.5) is 0 Å². The van der Waals surface area contributed by atoms with Crippen molar-refractivity contribution in [3.63, 3.8) is 0 Å². The summed E-state index contributed by atoms with van der Waals surface area (Å²) in [6, 6.07) is 0. The summed E-state index contributed by atoms with van der Waals surface area (Å²) in [5.41, 5.74) is 0. The summed E-state index contributed by atoms with van der Waals surface area (Å²) in [4.78, 5) is 0. The van der Waals surface area contributed by atoms with Crippen LogP contribution in [0.1, 0.15) is 12.8 Å². The second-order valence-corrected chi connectivity index (χ2v) is 2.83. The van der Waals surface area contributed by atoms with Crippen molar-refractivity contribution in [2.45, 2.75) is 19.1 Å². The van der Waals surface area contributed by atoms with Crippen molar-refractivity contribution in [3.8, 4) is 0 Å². The molecule has 0 aromatic rings. The fraction of sp³-hybridized carbons (Fsp3) is 0.857. The third kappa shape index (κ3) is 1.55. The molecule has 0 radical (unpaired) electrons. The number of hydrogen-bond acceptors (Lipinski definition) is 3. The monoisotopic (exact) mass is 142 g/mol. The Balaban J connectivity index is 2.17. The summed E-state index contributed by atoms with van der Waals surface area (Å²) in [5.74, 6) is 0.951. The van der Waals surface area contributed by atoms with Gasteiger partial charge in [-0.2, -0.15) is 0 Å². The first-order valence-corrected chi connectivity index (χ1v) is 3.64. The smallest absolute Gasteiger partial charge is 0.107 e. The van der Waals surface area contributed by atoms with Crippen molar-refractivity contribution >= 4 is 6.21 Å². The van der Waals surface area contributed by atoms with E-state index in [9.17, 15) is 5.11 Å². The predicted molar refractivity (Wildman–Crippen MR) is 40.1 cm³/mol. The minimum atomic E-state index is -0.357. The summed E-state index contributed by atoms with van der Waals surface area (Å²) in [6.45, 7) is 0. The highest BCUT2D eigenvalue weighted by atomic mass is 16.3. The average molecular weight is 142 g/mol. The molecule has 3 N–H and O–H groups in total. The number of aliphatic hydroxyl groups is 1. The highest BCUT2D eigenvalue weighted by Gasteiger charge is 2.40. The highest BCUT2D eigenvalue weighted by Crippen LogP contribution is 2.42. The van der Waals surface area contributed by atoms with Crippen LogP contribution in [0, 0.1) is 17.2 Å². The van der Waals surface area contributed by atoms with Gasteiger partial charge in [-0.05, 0) is 32.0 Å². The van der Waals surface area contributed by atoms with Gasteiger partial charge in [0, 0.05) is 5.92 Å². The molecule has 0 saturated heterocycles. The molecule has 1 aliphatic carbocycles. The number of rotatable bonds is 4. The molecule has 58 valence electrons. The maximum Gasteiger partial charge on any atom is 0.107 e. The topological polar surface area (TPSA) is 56.1 Å². The molecular weight excluding hydrogens is 128 g/mol. The van der Waals surface area contributed by atoms with Gasteiger partial charge < -0.3 is 10.5 Å². The average Bonchev–Trinajstić information content (AvgIpc) is 2.67. The largest absolute Gasteiger partial charge is 0.378 e. The number of aliphatic hydroxyl groups excluding tert-OH is 1. The van der Waals surface area contributed by atoms with Crippen molar-refractivity contribution in [2.24, 2.45) is 11.8 Å². The Morgan fingerprint density at radius 1 is 1.90 bits per heavy atom. The maximum atomic E-state index is 9.21. The van der Waals surface area contributed by atoms with Crippen molar-refractivity contribution in [3.05, 3.63) is 0 Å². The molecule has 1 rings (SSSR count). The van der Waals surface area contributed by atoms with Crippen LogP contribution in [0.5, 0.6) is 0 Å². The summed E-state index contributed by atoms with van der Waals surface area (Å²) >= 11 is 0. The maximum absolute atomic E-state index is 9.21. The Kier molecular flexibility index (Phi) is 2.40. The Hall–Kier alpha value is -0.410. The summed E-state index contributed by atoms with van der Waals surface area (Å²) in [7, 11) is 1.75. The van der Waals surface area contributed by atoms with Gasteiger partial charge in [-0.3, -0.25) is 5.32 Å². The number of hydrogen-bond donors (Lipinski definition) is 3. The Labute approximate surface area is 61.0 Å². The quantitative estimate of drug-likeness (QED) is 0.388. The van der Waals surface area contributed by atoms with E-state index in [2.05, 4.69) is 5.32 Å². The van der Waals surface area contributed by atoms with Crippen LogP contribution in [0.15, 0.2) is 0 Å². The van der Waals surface area contributed by atoms with Gasteiger partial charge in [0.1, 0.15) is 6.23 Å². The molecule has 0 aromatic heterocycles. The zero-order chi connectivity index (χ0) is 7.56. The zero-order valence-corrected chi connectivity index (χ0v) is 6.17. The Bertz CT molecular complexity index is 127. The second-order valence-electron chi connectivity index (χ2n) is 2.83. The molecule has 1 aliphatic rings. The lowest BCUT2D eigenvalue weighted by Gasteiger charge is -2.06. The molecule has 0 spiro atoms. The molecule has 3 atom stereocenters. The first kappa shape index (κ1) is 7.69. The van der Waals surface area contributed by atoms with Crippen LogP contribution in [0.3, 0.4) is 0 Å². The van der Waals surface area contributed by atoms with Crippen LogP contribution in [0.25, 0.3) is 0 Å². The van der Waals surface area contributed by atoms with E-state index in [0.717, 1.165) is 12.8 Å². The van der Waals surface area contributed by atoms with Gasteiger partial charge >= 0.3 is 0 Å². The SMILES string of the molecule is CNC(O)C1CC1CC=N. The lowest BCUT2D eigenvalue weighted by molar-refractivity contribution is 0.118. The molecule has 1 saturated carbocycles. The van der Waals surface area contributed by atoms with Crippen molar-refractivity contribution < 1.29 is 5.11 Å². The lowest BCUT2D eigenvalue weighted by atomic mass is 10.2. The summed E-state index contributed by atoms with van der Waals surface area (Å²) < 4.78 is 0. The molecule has 3 unspecified atom stereocenters. The standard InChI is InChI=1S/C7H14N2O/c1-9-7(10)6-4-5(6)2-3-8/h3,5-10H,2,4H2,1H3. The van der Waals surface area contributed by atoms with Gasteiger partial charge in [0.05, 0.1) is 0 Å². The Morgan fingerprint density at radius 3 is 3.10 bits per heavy atom. The molecule has 0 aromatic carbocycles. The van der Waals surface area contributed by atoms with Crippen LogP contribution < -0.4 is 5.32 Å². The van der Waals surface area contributed by atoms with Crippen LogP contribution in [-0.2, 0) is 0 Å². The Morgan fingerprint density at radius 2 is 2.60 bits per heavy atom. The van der Waals surface area contributed by atoms with Gasteiger partial charge in [0.2, 0.25) is 0 Å². The van der Waals surface area contributed by atoms with E-state index in [-0.39, 0.29) is 6.23 Å². The third-order valence-electron chi connectivity index (χ3n) is 2.10. The first-order chi connectivity index (χ1) is 4.79. The normalized spacial score (nSPS) is 33.4. The second kappa shape index (κ2) is 3.12.